The van der Waals surface area contributed by atoms with Crippen molar-refractivity contribution in [2.24, 2.45) is 0 Å². The lowest BCUT2D eigenvalue weighted by Gasteiger charge is -2.05. The fraction of sp³-hybridized carbons (Fsp3) is 1.00. The fourth-order valence-electron chi connectivity index (χ4n) is 2.66. The van der Waals surface area contributed by atoms with Crippen molar-refractivity contribution in [1.82, 2.24) is 0 Å². The van der Waals surface area contributed by atoms with Crippen molar-refractivity contribution < 1.29 is 18.9 Å². The van der Waals surface area contributed by atoms with E-state index in [1.807, 2.05) is 0 Å². The topological polar surface area (TPSA) is 66.8 Å². The Morgan fingerprint density at radius 1 is 0.680 bits per heavy atom. The first-order valence-corrected chi connectivity index (χ1v) is 14.0. The number of hydrogen-bond donors (Lipinski definition) is 2. The maximum absolute atomic E-state index is 10.5. The molecule has 152 valence electrons. The second kappa shape index (κ2) is 19.6. The van der Waals surface area contributed by atoms with Crippen LogP contribution in [0, 0.1) is 0 Å². The van der Waals surface area contributed by atoms with E-state index in [1.54, 1.807) is 21.6 Å². The normalized spacial score (nSPS) is 12.0. The van der Waals surface area contributed by atoms with E-state index >= 15 is 0 Å². The highest BCUT2D eigenvalue weighted by atomic mass is 33.1. The van der Waals surface area contributed by atoms with Crippen LogP contribution in [0.25, 0.3) is 0 Å². The van der Waals surface area contributed by atoms with Gasteiger partial charge in [0.25, 0.3) is 0 Å². The molecule has 0 spiro atoms. The van der Waals surface area contributed by atoms with Crippen molar-refractivity contribution in [2.45, 2.75) is 96.8 Å². The first-order chi connectivity index (χ1) is 12.1. The molecule has 0 unspecified atom stereocenters. The van der Waals surface area contributed by atoms with Crippen LogP contribution in [0.4, 0.5) is 0 Å². The molecule has 0 amide bonds. The summed E-state index contributed by atoms with van der Waals surface area (Å²) in [6.07, 6.45) is 19.3. The summed E-state index contributed by atoms with van der Waals surface area (Å²) in [6.45, 7) is 2.38. The molecule has 25 heavy (non-hydrogen) atoms. The minimum Gasteiger partial charge on any atom is -0.303 e. The van der Waals surface area contributed by atoms with Gasteiger partial charge in [-0.25, -0.2) is 4.57 Å². The standard InChI is InChI=1S/C18H39O4PS2/c1-2-3-4-5-6-7-8-9-10-11-12-13-14-15-17-24-25-18-16-22-23(19,20)21/h2-18H2,1H3,(H2,19,20,21). The maximum atomic E-state index is 10.5. The molecule has 0 bridgehead atoms. The number of rotatable bonds is 20. The molecule has 0 radical (unpaired) electrons. The summed E-state index contributed by atoms with van der Waals surface area (Å²) in [6, 6.07) is 0. The molecule has 0 saturated heterocycles. The molecule has 0 aromatic rings. The third-order valence-electron chi connectivity index (χ3n) is 4.09. The van der Waals surface area contributed by atoms with Crippen molar-refractivity contribution in [1.29, 1.82) is 0 Å². The minimum absolute atomic E-state index is 0.112. The zero-order valence-electron chi connectivity index (χ0n) is 16.0. The highest BCUT2D eigenvalue weighted by Gasteiger charge is 2.12. The Morgan fingerprint density at radius 2 is 1.08 bits per heavy atom. The monoisotopic (exact) mass is 414 g/mol. The molecule has 2 N–H and O–H groups in total. The van der Waals surface area contributed by atoms with Crippen LogP contribution in [0.1, 0.15) is 96.8 Å². The number of hydrogen-bond acceptors (Lipinski definition) is 4. The first kappa shape index (κ1) is 25.8. The third-order valence-corrected chi connectivity index (χ3v) is 7.06. The van der Waals surface area contributed by atoms with Crippen molar-refractivity contribution in [3.63, 3.8) is 0 Å². The zero-order chi connectivity index (χ0) is 18.6. The van der Waals surface area contributed by atoms with E-state index < -0.39 is 7.82 Å². The molecule has 0 aliphatic heterocycles. The number of phosphoric acid groups is 1. The Labute approximate surface area is 163 Å². The van der Waals surface area contributed by atoms with Crippen LogP contribution in [0.15, 0.2) is 0 Å². The van der Waals surface area contributed by atoms with Gasteiger partial charge in [0.05, 0.1) is 6.61 Å². The summed E-state index contributed by atoms with van der Waals surface area (Å²) in [7, 11) is -0.881. The van der Waals surface area contributed by atoms with Gasteiger partial charge in [-0.1, -0.05) is 112 Å². The van der Waals surface area contributed by atoms with E-state index in [4.69, 9.17) is 9.79 Å². The van der Waals surface area contributed by atoms with Gasteiger partial charge in [0.1, 0.15) is 0 Å². The molecule has 0 aliphatic rings. The van der Waals surface area contributed by atoms with Crippen LogP contribution in [0.2, 0.25) is 0 Å². The van der Waals surface area contributed by atoms with Crippen molar-refractivity contribution >= 4 is 29.4 Å². The Morgan fingerprint density at radius 3 is 1.52 bits per heavy atom. The van der Waals surface area contributed by atoms with E-state index in [-0.39, 0.29) is 6.61 Å². The largest absolute Gasteiger partial charge is 0.469 e. The summed E-state index contributed by atoms with van der Waals surface area (Å²) < 4.78 is 14.9. The molecular formula is C18H39O4PS2. The highest BCUT2D eigenvalue weighted by molar-refractivity contribution is 8.76. The van der Waals surface area contributed by atoms with Gasteiger partial charge in [-0.15, -0.1) is 0 Å². The molecule has 0 heterocycles. The molecule has 0 atom stereocenters. The van der Waals surface area contributed by atoms with Crippen LogP contribution < -0.4 is 0 Å². The van der Waals surface area contributed by atoms with Crippen LogP contribution in [0.3, 0.4) is 0 Å². The SMILES string of the molecule is CCCCCCCCCCCCCCCCSSCCOP(=O)(O)O. The molecule has 4 nitrogen and oxygen atoms in total. The van der Waals surface area contributed by atoms with E-state index in [9.17, 15) is 4.57 Å². The van der Waals surface area contributed by atoms with Crippen LogP contribution in [-0.4, -0.2) is 27.9 Å². The Kier molecular flexibility index (Phi) is 20.2. The summed E-state index contributed by atoms with van der Waals surface area (Å²) >= 11 is 0. The Bertz CT molecular complexity index is 313. The molecule has 0 saturated carbocycles. The molecule has 0 aromatic carbocycles. The lowest BCUT2D eigenvalue weighted by molar-refractivity contribution is 0.208. The van der Waals surface area contributed by atoms with Gasteiger partial charge in [0, 0.05) is 11.5 Å². The molecular weight excluding hydrogens is 375 g/mol. The van der Waals surface area contributed by atoms with Gasteiger partial charge >= 0.3 is 7.82 Å². The quantitative estimate of drug-likeness (QED) is 0.127. The average molecular weight is 415 g/mol. The first-order valence-electron chi connectivity index (χ1n) is 10.0. The van der Waals surface area contributed by atoms with Crippen molar-refractivity contribution in [3.05, 3.63) is 0 Å². The molecule has 0 aromatic heterocycles. The van der Waals surface area contributed by atoms with Gasteiger partial charge < -0.3 is 9.79 Å². The van der Waals surface area contributed by atoms with E-state index in [0.29, 0.717) is 5.75 Å². The lowest BCUT2D eigenvalue weighted by atomic mass is 10.0. The van der Waals surface area contributed by atoms with Gasteiger partial charge in [-0.05, 0) is 6.42 Å². The second-order valence-corrected chi connectivity index (χ2v) is 10.5. The number of unbranched alkanes of at least 4 members (excludes halogenated alkanes) is 13. The van der Waals surface area contributed by atoms with Gasteiger partial charge in [0.15, 0.2) is 0 Å². The zero-order valence-corrected chi connectivity index (χ0v) is 18.5. The molecule has 0 fully saturated rings. The molecule has 0 rings (SSSR count). The van der Waals surface area contributed by atoms with Crippen LogP contribution in [-0.2, 0) is 9.09 Å². The lowest BCUT2D eigenvalue weighted by Crippen LogP contribution is -1.93. The van der Waals surface area contributed by atoms with Gasteiger partial charge in [-0.2, -0.15) is 0 Å². The third kappa shape index (κ3) is 24.8. The van der Waals surface area contributed by atoms with Crippen molar-refractivity contribution in [3.8, 4) is 0 Å². The Balaban J connectivity index is 3.02. The highest BCUT2D eigenvalue weighted by Crippen LogP contribution is 2.36. The van der Waals surface area contributed by atoms with Crippen LogP contribution in [0.5, 0.6) is 0 Å². The summed E-state index contributed by atoms with van der Waals surface area (Å²) in [4.78, 5) is 17.1. The Hall–Kier alpha value is 0.810. The average Bonchev–Trinajstić information content (AvgIpc) is 2.56. The summed E-state index contributed by atoms with van der Waals surface area (Å²) in [5.74, 6) is 1.73. The smallest absolute Gasteiger partial charge is 0.303 e. The van der Waals surface area contributed by atoms with Gasteiger partial charge in [-0.3, -0.25) is 4.52 Å². The molecule has 7 heteroatoms. The molecule has 0 aliphatic carbocycles. The van der Waals surface area contributed by atoms with E-state index in [0.717, 1.165) is 5.75 Å². The number of phosphoric ester groups is 1. The second-order valence-electron chi connectivity index (χ2n) is 6.56. The fourth-order valence-corrected chi connectivity index (χ4v) is 5.09. The minimum atomic E-state index is -4.28. The maximum Gasteiger partial charge on any atom is 0.469 e. The summed E-state index contributed by atoms with van der Waals surface area (Å²) in [5, 5.41) is 0. The van der Waals surface area contributed by atoms with Crippen LogP contribution >= 0.6 is 29.4 Å². The predicted molar refractivity (Wildman–Crippen MR) is 113 cm³/mol. The van der Waals surface area contributed by atoms with Gasteiger partial charge in [0.2, 0.25) is 0 Å². The van der Waals surface area contributed by atoms with E-state index in [1.165, 1.54) is 89.9 Å². The van der Waals surface area contributed by atoms with E-state index in [2.05, 4.69) is 11.4 Å². The predicted octanol–water partition coefficient (Wildman–Crippen LogP) is 6.96. The van der Waals surface area contributed by atoms with Crippen molar-refractivity contribution in [2.75, 3.05) is 18.1 Å². The summed E-state index contributed by atoms with van der Waals surface area (Å²) in [5.41, 5.74) is 0.